The summed E-state index contributed by atoms with van der Waals surface area (Å²) in [6.07, 6.45) is 0.340. The Balaban J connectivity index is 1.36. The van der Waals surface area contributed by atoms with Crippen molar-refractivity contribution in [2.45, 2.75) is 32.4 Å². The predicted octanol–water partition coefficient (Wildman–Crippen LogP) is 6.76. The molecule has 0 radical (unpaired) electrons. The zero-order chi connectivity index (χ0) is 26.1. The van der Waals surface area contributed by atoms with Crippen LogP contribution in [0.5, 0.6) is 5.75 Å². The van der Waals surface area contributed by atoms with Crippen LogP contribution in [0.25, 0.3) is 10.8 Å². The summed E-state index contributed by atoms with van der Waals surface area (Å²) in [4.78, 5) is 13.6. The summed E-state index contributed by atoms with van der Waals surface area (Å²) in [6, 6.07) is 21.6. The van der Waals surface area contributed by atoms with Gasteiger partial charge in [-0.1, -0.05) is 42.5 Å². The molecule has 0 saturated heterocycles. The summed E-state index contributed by atoms with van der Waals surface area (Å²) in [5.41, 5.74) is 2.32. The minimum absolute atomic E-state index is 0.105. The molecule has 37 heavy (non-hydrogen) atoms. The molecule has 1 aliphatic rings. The molecule has 1 heterocycles. The van der Waals surface area contributed by atoms with Crippen molar-refractivity contribution in [1.82, 2.24) is 5.32 Å². The highest BCUT2D eigenvalue weighted by Gasteiger charge is 2.30. The van der Waals surface area contributed by atoms with E-state index in [-0.39, 0.29) is 17.7 Å². The van der Waals surface area contributed by atoms with Gasteiger partial charge >= 0.3 is 5.97 Å². The Morgan fingerprint density at radius 3 is 2.65 bits per heavy atom. The van der Waals surface area contributed by atoms with Crippen LogP contribution in [-0.4, -0.2) is 30.3 Å². The van der Waals surface area contributed by atoms with Crippen LogP contribution in [0.4, 0.5) is 20.2 Å². The number of rotatable bonds is 7. The van der Waals surface area contributed by atoms with Gasteiger partial charge in [0.2, 0.25) is 0 Å². The maximum absolute atomic E-state index is 14.3. The van der Waals surface area contributed by atoms with Gasteiger partial charge in [0, 0.05) is 17.8 Å². The molecule has 1 unspecified atom stereocenters. The summed E-state index contributed by atoms with van der Waals surface area (Å²) < 4.78 is 34.5. The van der Waals surface area contributed by atoms with E-state index in [0.29, 0.717) is 42.2 Å². The number of aromatic carboxylic acids is 1. The SMILES string of the molecule is Cc1c(N2CC(CCN[C@H](C)c3cccc4ccccc34)Oc3cc(F)ccc32)ccc(F)c1C(=O)O. The maximum Gasteiger partial charge on any atom is 0.339 e. The van der Waals surface area contributed by atoms with Gasteiger partial charge in [-0.3, -0.25) is 0 Å². The summed E-state index contributed by atoms with van der Waals surface area (Å²) in [5.74, 6) is -2.17. The number of fused-ring (bicyclic) bond motifs is 2. The highest BCUT2D eigenvalue weighted by Crippen LogP contribution is 2.41. The van der Waals surface area contributed by atoms with Crippen LogP contribution < -0.4 is 15.0 Å². The molecule has 7 heteroatoms. The number of ether oxygens (including phenoxy) is 1. The monoisotopic (exact) mass is 502 g/mol. The molecule has 4 aromatic rings. The number of hydrogen-bond donors (Lipinski definition) is 2. The van der Waals surface area contributed by atoms with Crippen molar-refractivity contribution < 1.29 is 23.4 Å². The van der Waals surface area contributed by atoms with Crippen LogP contribution in [0.15, 0.2) is 72.8 Å². The average Bonchev–Trinajstić information content (AvgIpc) is 2.87. The van der Waals surface area contributed by atoms with Gasteiger partial charge in [-0.2, -0.15) is 0 Å². The predicted molar refractivity (Wildman–Crippen MR) is 141 cm³/mol. The molecule has 5 nitrogen and oxygen atoms in total. The number of benzene rings is 4. The van der Waals surface area contributed by atoms with Gasteiger partial charge in [-0.15, -0.1) is 0 Å². The van der Waals surface area contributed by atoms with Gasteiger partial charge in [0.1, 0.15) is 29.1 Å². The molecule has 190 valence electrons. The lowest BCUT2D eigenvalue weighted by Gasteiger charge is -2.37. The van der Waals surface area contributed by atoms with Crippen molar-refractivity contribution in [1.29, 1.82) is 0 Å². The average molecular weight is 503 g/mol. The van der Waals surface area contributed by atoms with Crippen molar-refractivity contribution in [3.63, 3.8) is 0 Å². The lowest BCUT2D eigenvalue weighted by Crippen LogP contribution is -2.39. The smallest absolute Gasteiger partial charge is 0.339 e. The van der Waals surface area contributed by atoms with Crippen molar-refractivity contribution in [3.05, 3.63) is 101 Å². The highest BCUT2D eigenvalue weighted by molar-refractivity contribution is 5.92. The van der Waals surface area contributed by atoms with Crippen molar-refractivity contribution in [2.75, 3.05) is 18.0 Å². The van der Waals surface area contributed by atoms with Gasteiger partial charge in [0.25, 0.3) is 0 Å². The second-order valence-corrected chi connectivity index (χ2v) is 9.37. The Morgan fingerprint density at radius 2 is 1.84 bits per heavy atom. The second kappa shape index (κ2) is 10.2. The molecule has 2 N–H and O–H groups in total. The van der Waals surface area contributed by atoms with E-state index in [1.807, 2.05) is 17.0 Å². The Labute approximate surface area is 214 Å². The summed E-state index contributed by atoms with van der Waals surface area (Å²) in [6.45, 7) is 4.77. The molecular formula is C30H28F2N2O3. The fraction of sp³-hybridized carbons (Fsp3) is 0.233. The van der Waals surface area contributed by atoms with E-state index in [2.05, 4.69) is 42.6 Å². The molecule has 4 aromatic carbocycles. The van der Waals surface area contributed by atoms with E-state index in [9.17, 15) is 18.7 Å². The van der Waals surface area contributed by atoms with Crippen LogP contribution >= 0.6 is 0 Å². The standard InChI is InChI=1S/C30H28F2N2O3/c1-18-26(13-11-25(32)29(18)30(35)36)34-17-22(37-28-16-21(31)10-12-27(28)34)14-15-33-19(2)23-9-5-7-20-6-3-4-8-24(20)23/h3-13,16,19,22,33H,14-15,17H2,1-2H3,(H,35,36)/t19-,22?/m1/s1. The van der Waals surface area contributed by atoms with Crippen molar-refractivity contribution in [2.24, 2.45) is 0 Å². The Bertz CT molecular complexity index is 1470. The van der Waals surface area contributed by atoms with E-state index in [4.69, 9.17) is 4.74 Å². The molecule has 2 atom stereocenters. The first-order valence-electron chi connectivity index (χ1n) is 12.3. The summed E-state index contributed by atoms with van der Waals surface area (Å²) in [7, 11) is 0. The number of nitrogens with one attached hydrogen (secondary N) is 1. The molecule has 0 saturated carbocycles. The van der Waals surface area contributed by atoms with E-state index in [1.165, 1.54) is 28.5 Å². The minimum atomic E-state index is -1.33. The quantitative estimate of drug-likeness (QED) is 0.292. The molecule has 0 fully saturated rings. The molecule has 5 rings (SSSR count). The molecule has 0 aromatic heterocycles. The van der Waals surface area contributed by atoms with Crippen LogP contribution in [0, 0.1) is 18.6 Å². The van der Waals surface area contributed by atoms with Crippen molar-refractivity contribution in [3.8, 4) is 5.75 Å². The first kappa shape index (κ1) is 24.7. The second-order valence-electron chi connectivity index (χ2n) is 9.37. The van der Waals surface area contributed by atoms with Crippen LogP contribution in [0.3, 0.4) is 0 Å². The number of carbonyl (C=O) groups is 1. The van der Waals surface area contributed by atoms with Crippen molar-refractivity contribution >= 4 is 28.1 Å². The Kier molecular flexibility index (Phi) is 6.80. The zero-order valence-corrected chi connectivity index (χ0v) is 20.7. The zero-order valence-electron chi connectivity index (χ0n) is 20.7. The van der Waals surface area contributed by atoms with E-state index < -0.39 is 17.6 Å². The first-order chi connectivity index (χ1) is 17.8. The fourth-order valence-electron chi connectivity index (χ4n) is 5.12. The largest absolute Gasteiger partial charge is 0.486 e. The Morgan fingerprint density at radius 1 is 1.08 bits per heavy atom. The number of halogens is 2. The van der Waals surface area contributed by atoms with E-state index in [0.717, 1.165) is 6.07 Å². The van der Waals surface area contributed by atoms with Crippen LogP contribution in [-0.2, 0) is 0 Å². The minimum Gasteiger partial charge on any atom is -0.486 e. The molecule has 0 aliphatic carbocycles. The number of nitrogens with zero attached hydrogens (tertiary/aromatic N) is 1. The topological polar surface area (TPSA) is 61.8 Å². The third kappa shape index (κ3) is 4.87. The normalized spacial score (nSPS) is 15.8. The van der Waals surface area contributed by atoms with E-state index in [1.54, 1.807) is 19.1 Å². The number of carboxylic acids is 1. The highest BCUT2D eigenvalue weighted by atomic mass is 19.1. The molecule has 0 spiro atoms. The van der Waals surface area contributed by atoms with E-state index >= 15 is 0 Å². The van der Waals surface area contributed by atoms with Gasteiger partial charge < -0.3 is 20.1 Å². The summed E-state index contributed by atoms with van der Waals surface area (Å²) in [5, 5.41) is 15.5. The van der Waals surface area contributed by atoms with Crippen LogP contribution in [0.1, 0.15) is 40.9 Å². The third-order valence-corrected chi connectivity index (χ3v) is 6.99. The third-order valence-electron chi connectivity index (χ3n) is 6.99. The number of hydrogen-bond acceptors (Lipinski definition) is 4. The fourth-order valence-corrected chi connectivity index (χ4v) is 5.12. The summed E-state index contributed by atoms with van der Waals surface area (Å²) >= 11 is 0. The van der Waals surface area contributed by atoms with Gasteiger partial charge in [-0.05, 0) is 73.0 Å². The number of anilines is 2. The number of carboxylic acid groups (broad SMARTS) is 1. The maximum atomic E-state index is 14.3. The van der Waals surface area contributed by atoms with Gasteiger partial charge in [0.05, 0.1) is 12.2 Å². The lowest BCUT2D eigenvalue weighted by molar-refractivity contribution is 0.0691. The van der Waals surface area contributed by atoms with Gasteiger partial charge in [0.15, 0.2) is 0 Å². The van der Waals surface area contributed by atoms with Gasteiger partial charge in [-0.25, -0.2) is 13.6 Å². The molecular weight excluding hydrogens is 474 g/mol. The molecule has 1 aliphatic heterocycles. The molecule has 0 bridgehead atoms. The van der Waals surface area contributed by atoms with Crippen LogP contribution in [0.2, 0.25) is 0 Å². The molecule has 0 amide bonds. The Hall–Kier alpha value is -3.97. The lowest BCUT2D eigenvalue weighted by atomic mass is 9.99. The first-order valence-corrected chi connectivity index (χ1v) is 12.3.